The van der Waals surface area contributed by atoms with Gasteiger partial charge in [0, 0.05) is 25.7 Å². The van der Waals surface area contributed by atoms with Crippen LogP contribution in [0.5, 0.6) is 0 Å². The van der Waals surface area contributed by atoms with Crippen molar-refractivity contribution in [2.45, 2.75) is 40.5 Å². The van der Waals surface area contributed by atoms with E-state index in [1.807, 2.05) is 14.0 Å². The van der Waals surface area contributed by atoms with Crippen molar-refractivity contribution in [3.63, 3.8) is 0 Å². The molecule has 17 heavy (non-hydrogen) atoms. The minimum Gasteiger partial charge on any atom is -0.373 e. The Balaban J connectivity index is 3.05. The van der Waals surface area contributed by atoms with Crippen LogP contribution in [0, 0.1) is 13.8 Å². The van der Waals surface area contributed by atoms with Gasteiger partial charge in [0.05, 0.1) is 0 Å². The van der Waals surface area contributed by atoms with Crippen molar-refractivity contribution in [3.8, 4) is 0 Å². The van der Waals surface area contributed by atoms with Gasteiger partial charge in [-0.2, -0.15) is 0 Å². The van der Waals surface area contributed by atoms with Gasteiger partial charge in [0.2, 0.25) is 0 Å². The van der Waals surface area contributed by atoms with Crippen LogP contribution < -0.4 is 10.2 Å². The van der Waals surface area contributed by atoms with Gasteiger partial charge in [0.15, 0.2) is 0 Å². The van der Waals surface area contributed by atoms with Crippen molar-refractivity contribution in [1.29, 1.82) is 0 Å². The van der Waals surface area contributed by atoms with Gasteiger partial charge in [-0.15, -0.1) is 0 Å². The summed E-state index contributed by atoms with van der Waals surface area (Å²) in [5.41, 5.74) is 1.14. The fourth-order valence-electron chi connectivity index (χ4n) is 1.93. The highest BCUT2D eigenvalue weighted by Gasteiger charge is 2.13. The van der Waals surface area contributed by atoms with Crippen LogP contribution in [0.15, 0.2) is 0 Å². The highest BCUT2D eigenvalue weighted by atomic mass is 15.2. The number of aromatic nitrogens is 2. The van der Waals surface area contributed by atoms with E-state index in [9.17, 15) is 0 Å². The molecular formula is C13H24N4. The van der Waals surface area contributed by atoms with Gasteiger partial charge in [-0.1, -0.05) is 13.3 Å². The quantitative estimate of drug-likeness (QED) is 0.824. The van der Waals surface area contributed by atoms with Crippen LogP contribution in [0.4, 0.5) is 11.6 Å². The molecule has 0 aliphatic heterocycles. The Morgan fingerprint density at radius 3 is 2.41 bits per heavy atom. The average molecular weight is 236 g/mol. The number of rotatable bonds is 6. The molecule has 4 heteroatoms. The zero-order valence-electron chi connectivity index (χ0n) is 11.7. The summed E-state index contributed by atoms with van der Waals surface area (Å²) in [4.78, 5) is 11.3. The third kappa shape index (κ3) is 3.32. The first-order valence-corrected chi connectivity index (χ1v) is 6.41. The molecule has 0 aliphatic carbocycles. The molecule has 0 amide bonds. The lowest BCUT2D eigenvalue weighted by molar-refractivity contribution is 0.719. The second kappa shape index (κ2) is 6.42. The molecule has 0 aromatic carbocycles. The lowest BCUT2D eigenvalue weighted by atomic mass is 10.2. The molecule has 0 bridgehead atoms. The number of anilines is 2. The van der Waals surface area contributed by atoms with Crippen molar-refractivity contribution in [2.24, 2.45) is 0 Å². The van der Waals surface area contributed by atoms with E-state index in [0.717, 1.165) is 36.1 Å². The molecule has 1 rings (SSSR count). The van der Waals surface area contributed by atoms with Crippen LogP contribution in [0.3, 0.4) is 0 Å². The molecule has 0 aliphatic rings. The summed E-state index contributed by atoms with van der Waals surface area (Å²) in [6.45, 7) is 10.5. The van der Waals surface area contributed by atoms with Crippen LogP contribution in [0.1, 0.15) is 38.1 Å². The molecule has 0 spiro atoms. The Hall–Kier alpha value is -1.32. The summed E-state index contributed by atoms with van der Waals surface area (Å²) in [7, 11) is 1.90. The summed E-state index contributed by atoms with van der Waals surface area (Å²) < 4.78 is 0. The third-order valence-electron chi connectivity index (χ3n) is 2.93. The Bertz CT molecular complexity index is 363. The van der Waals surface area contributed by atoms with Crippen LogP contribution >= 0.6 is 0 Å². The molecule has 96 valence electrons. The van der Waals surface area contributed by atoms with Crippen LogP contribution in [-0.4, -0.2) is 30.1 Å². The number of hydrogen-bond donors (Lipinski definition) is 1. The van der Waals surface area contributed by atoms with Crippen LogP contribution in [0.25, 0.3) is 0 Å². The summed E-state index contributed by atoms with van der Waals surface area (Å²) in [5, 5.41) is 3.13. The predicted molar refractivity (Wildman–Crippen MR) is 73.8 cm³/mol. The average Bonchev–Trinajstić information content (AvgIpc) is 2.33. The van der Waals surface area contributed by atoms with Gasteiger partial charge in [0.1, 0.15) is 17.5 Å². The van der Waals surface area contributed by atoms with E-state index < -0.39 is 0 Å². The zero-order chi connectivity index (χ0) is 12.8. The van der Waals surface area contributed by atoms with Gasteiger partial charge in [-0.25, -0.2) is 9.97 Å². The molecule has 0 saturated heterocycles. The molecule has 0 atom stereocenters. The summed E-state index contributed by atoms with van der Waals surface area (Å²) in [6, 6.07) is 0. The van der Waals surface area contributed by atoms with E-state index in [-0.39, 0.29) is 0 Å². The molecule has 1 aromatic rings. The van der Waals surface area contributed by atoms with Gasteiger partial charge in [0.25, 0.3) is 0 Å². The third-order valence-corrected chi connectivity index (χ3v) is 2.93. The van der Waals surface area contributed by atoms with Crippen molar-refractivity contribution in [1.82, 2.24) is 9.97 Å². The molecule has 4 nitrogen and oxygen atoms in total. The molecule has 1 aromatic heterocycles. The minimum absolute atomic E-state index is 0.824. The summed E-state index contributed by atoms with van der Waals surface area (Å²) >= 11 is 0. The Morgan fingerprint density at radius 2 is 1.88 bits per heavy atom. The van der Waals surface area contributed by atoms with E-state index in [1.54, 1.807) is 0 Å². The predicted octanol–water partition coefficient (Wildman–Crippen LogP) is 2.76. The van der Waals surface area contributed by atoms with E-state index in [1.165, 1.54) is 12.8 Å². The normalized spacial score (nSPS) is 10.4. The highest BCUT2D eigenvalue weighted by molar-refractivity contribution is 5.58. The fraction of sp³-hybridized carbons (Fsp3) is 0.692. The maximum Gasteiger partial charge on any atom is 0.137 e. The number of nitrogens with one attached hydrogen (secondary N) is 1. The Labute approximate surface area is 104 Å². The van der Waals surface area contributed by atoms with Gasteiger partial charge < -0.3 is 10.2 Å². The maximum absolute atomic E-state index is 4.58. The maximum atomic E-state index is 4.58. The molecule has 1 heterocycles. The van der Waals surface area contributed by atoms with Crippen LogP contribution in [-0.2, 0) is 0 Å². The minimum atomic E-state index is 0.824. The van der Waals surface area contributed by atoms with E-state index in [2.05, 4.69) is 41.0 Å². The first-order chi connectivity index (χ1) is 8.13. The molecular weight excluding hydrogens is 212 g/mol. The smallest absolute Gasteiger partial charge is 0.137 e. The molecule has 0 radical (unpaired) electrons. The van der Waals surface area contributed by atoms with Crippen molar-refractivity contribution >= 4 is 11.6 Å². The van der Waals surface area contributed by atoms with Gasteiger partial charge in [-0.05, 0) is 27.2 Å². The second-order valence-electron chi connectivity index (χ2n) is 4.25. The second-order valence-corrected chi connectivity index (χ2v) is 4.25. The lowest BCUT2D eigenvalue weighted by Crippen LogP contribution is -2.26. The van der Waals surface area contributed by atoms with Crippen LogP contribution in [0.2, 0.25) is 0 Å². The van der Waals surface area contributed by atoms with E-state index in [4.69, 9.17) is 0 Å². The van der Waals surface area contributed by atoms with E-state index in [0.29, 0.717) is 0 Å². The lowest BCUT2D eigenvalue weighted by Gasteiger charge is -2.24. The molecule has 0 unspecified atom stereocenters. The number of nitrogens with zero attached hydrogens (tertiary/aromatic N) is 3. The fourth-order valence-corrected chi connectivity index (χ4v) is 1.93. The first kappa shape index (κ1) is 13.7. The Morgan fingerprint density at radius 1 is 1.18 bits per heavy atom. The zero-order valence-corrected chi connectivity index (χ0v) is 11.7. The monoisotopic (exact) mass is 236 g/mol. The Kier molecular flexibility index (Phi) is 5.19. The van der Waals surface area contributed by atoms with Crippen molar-refractivity contribution < 1.29 is 0 Å². The van der Waals surface area contributed by atoms with Gasteiger partial charge >= 0.3 is 0 Å². The van der Waals surface area contributed by atoms with E-state index >= 15 is 0 Å². The summed E-state index contributed by atoms with van der Waals surface area (Å²) in [5.74, 6) is 2.82. The van der Waals surface area contributed by atoms with Crippen molar-refractivity contribution in [3.05, 3.63) is 11.4 Å². The van der Waals surface area contributed by atoms with Gasteiger partial charge in [-0.3, -0.25) is 0 Å². The number of aryl methyl sites for hydroxylation is 1. The SMILES string of the molecule is CCCCN(CC)c1nc(C)nc(NC)c1C. The van der Waals surface area contributed by atoms with Crippen molar-refractivity contribution in [2.75, 3.05) is 30.4 Å². The topological polar surface area (TPSA) is 41.1 Å². The molecule has 0 fully saturated rings. The standard InChI is InChI=1S/C13H24N4/c1-6-8-9-17(7-2)13-10(3)12(14-5)15-11(4)16-13/h6-9H2,1-5H3,(H,14,15,16). The largest absolute Gasteiger partial charge is 0.373 e. The summed E-state index contributed by atoms with van der Waals surface area (Å²) in [6.07, 6.45) is 2.41. The number of hydrogen-bond acceptors (Lipinski definition) is 4. The number of unbranched alkanes of at least 4 members (excludes halogenated alkanes) is 1. The first-order valence-electron chi connectivity index (χ1n) is 6.41. The highest BCUT2D eigenvalue weighted by Crippen LogP contribution is 2.23. The molecule has 1 N–H and O–H groups in total. The molecule has 0 saturated carbocycles.